The SMILES string of the molecule is Cn1nccc1C1(O)Cc2ccccc2C1. The van der Waals surface area contributed by atoms with Gasteiger partial charge in [0.2, 0.25) is 0 Å². The third-order valence-electron chi connectivity index (χ3n) is 3.38. The van der Waals surface area contributed by atoms with E-state index in [1.165, 1.54) is 11.1 Å². The third kappa shape index (κ3) is 1.28. The molecule has 1 N–H and O–H groups in total. The first-order valence-corrected chi connectivity index (χ1v) is 5.47. The fraction of sp³-hybridized carbons (Fsp3) is 0.308. The van der Waals surface area contributed by atoms with Crippen LogP contribution < -0.4 is 0 Å². The van der Waals surface area contributed by atoms with Gasteiger partial charge in [-0.15, -0.1) is 0 Å². The molecule has 0 saturated carbocycles. The average molecular weight is 214 g/mol. The standard InChI is InChI=1S/C13H14N2O/c1-15-12(6-7-14-15)13(16)8-10-4-2-3-5-11(10)9-13/h2-7,16H,8-9H2,1H3. The van der Waals surface area contributed by atoms with Crippen LogP contribution in [0.1, 0.15) is 16.8 Å². The van der Waals surface area contributed by atoms with Gasteiger partial charge in [0.05, 0.1) is 5.69 Å². The molecule has 0 unspecified atom stereocenters. The van der Waals surface area contributed by atoms with E-state index in [-0.39, 0.29) is 0 Å². The Morgan fingerprint density at radius 1 is 1.19 bits per heavy atom. The molecule has 0 aliphatic heterocycles. The predicted octanol–water partition coefficient (Wildman–Crippen LogP) is 1.41. The van der Waals surface area contributed by atoms with Crippen molar-refractivity contribution in [3.63, 3.8) is 0 Å². The number of hydrogen-bond donors (Lipinski definition) is 1. The van der Waals surface area contributed by atoms with Gasteiger partial charge < -0.3 is 5.11 Å². The van der Waals surface area contributed by atoms with Gasteiger partial charge >= 0.3 is 0 Å². The molecule has 0 bridgehead atoms. The van der Waals surface area contributed by atoms with Crippen LogP contribution in [-0.2, 0) is 25.5 Å². The number of nitrogens with zero attached hydrogens (tertiary/aromatic N) is 2. The maximum absolute atomic E-state index is 10.7. The Bertz CT molecular complexity index is 505. The molecule has 0 saturated heterocycles. The minimum atomic E-state index is -0.783. The lowest BCUT2D eigenvalue weighted by Gasteiger charge is -2.22. The molecule has 1 aromatic carbocycles. The first-order chi connectivity index (χ1) is 7.69. The predicted molar refractivity (Wildman–Crippen MR) is 61.0 cm³/mol. The highest BCUT2D eigenvalue weighted by atomic mass is 16.3. The molecule has 1 aromatic heterocycles. The highest BCUT2D eigenvalue weighted by Crippen LogP contribution is 2.37. The summed E-state index contributed by atoms with van der Waals surface area (Å²) in [6.45, 7) is 0. The van der Waals surface area contributed by atoms with Gasteiger partial charge in [-0.25, -0.2) is 0 Å². The molecule has 3 heteroatoms. The van der Waals surface area contributed by atoms with E-state index in [1.807, 2.05) is 25.2 Å². The molecule has 2 aromatic rings. The molecule has 1 heterocycles. The van der Waals surface area contributed by atoms with E-state index >= 15 is 0 Å². The molecule has 0 fully saturated rings. The molecule has 0 amide bonds. The van der Waals surface area contributed by atoms with Crippen LogP contribution in [0.3, 0.4) is 0 Å². The number of benzene rings is 1. The van der Waals surface area contributed by atoms with Gasteiger partial charge in [-0.1, -0.05) is 24.3 Å². The maximum Gasteiger partial charge on any atom is 0.114 e. The largest absolute Gasteiger partial charge is 0.383 e. The van der Waals surface area contributed by atoms with Crippen LogP contribution >= 0.6 is 0 Å². The Hall–Kier alpha value is -1.61. The van der Waals surface area contributed by atoms with Crippen LogP contribution in [-0.4, -0.2) is 14.9 Å². The Kier molecular flexibility index (Phi) is 1.91. The van der Waals surface area contributed by atoms with E-state index < -0.39 is 5.60 Å². The highest BCUT2D eigenvalue weighted by Gasteiger charge is 2.38. The van der Waals surface area contributed by atoms with Gasteiger partial charge in [-0.3, -0.25) is 4.68 Å². The van der Waals surface area contributed by atoms with Crippen molar-refractivity contribution in [2.75, 3.05) is 0 Å². The van der Waals surface area contributed by atoms with E-state index in [1.54, 1.807) is 10.9 Å². The third-order valence-corrected chi connectivity index (χ3v) is 3.38. The van der Waals surface area contributed by atoms with Gasteiger partial charge in [0, 0.05) is 26.1 Å². The van der Waals surface area contributed by atoms with Crippen LogP contribution in [0.4, 0.5) is 0 Å². The second kappa shape index (κ2) is 3.19. The van der Waals surface area contributed by atoms with Crippen molar-refractivity contribution >= 4 is 0 Å². The molecule has 1 aliphatic carbocycles. The minimum Gasteiger partial charge on any atom is -0.383 e. The Labute approximate surface area is 94.3 Å². The number of aryl methyl sites for hydroxylation is 1. The molecule has 3 rings (SSSR count). The topological polar surface area (TPSA) is 38.0 Å². The highest BCUT2D eigenvalue weighted by molar-refractivity contribution is 5.37. The number of fused-ring (bicyclic) bond motifs is 1. The Morgan fingerprint density at radius 3 is 2.31 bits per heavy atom. The molecule has 1 aliphatic rings. The van der Waals surface area contributed by atoms with E-state index in [2.05, 4.69) is 17.2 Å². The van der Waals surface area contributed by atoms with Crippen LogP contribution in [0.2, 0.25) is 0 Å². The van der Waals surface area contributed by atoms with Gasteiger partial charge in [-0.05, 0) is 17.2 Å². The second-order valence-electron chi connectivity index (χ2n) is 4.49. The van der Waals surface area contributed by atoms with Crippen molar-refractivity contribution in [3.05, 3.63) is 53.3 Å². The van der Waals surface area contributed by atoms with Gasteiger partial charge in [0.15, 0.2) is 0 Å². The second-order valence-corrected chi connectivity index (χ2v) is 4.49. The quantitative estimate of drug-likeness (QED) is 0.779. The van der Waals surface area contributed by atoms with Gasteiger partial charge in [-0.2, -0.15) is 5.10 Å². The summed E-state index contributed by atoms with van der Waals surface area (Å²) in [5.41, 5.74) is 2.59. The Balaban J connectivity index is 2.04. The molecule has 82 valence electrons. The van der Waals surface area contributed by atoms with Crippen LogP contribution in [0.15, 0.2) is 36.5 Å². The zero-order chi connectivity index (χ0) is 11.2. The van der Waals surface area contributed by atoms with Crippen LogP contribution in [0.5, 0.6) is 0 Å². The molecule has 0 spiro atoms. The lowest BCUT2D eigenvalue weighted by molar-refractivity contribution is 0.0397. The Morgan fingerprint density at radius 2 is 1.81 bits per heavy atom. The zero-order valence-corrected chi connectivity index (χ0v) is 9.22. The summed E-state index contributed by atoms with van der Waals surface area (Å²) in [6.07, 6.45) is 3.10. The summed E-state index contributed by atoms with van der Waals surface area (Å²) >= 11 is 0. The normalized spacial score (nSPS) is 17.4. The monoisotopic (exact) mass is 214 g/mol. The van der Waals surface area contributed by atoms with Crippen LogP contribution in [0.25, 0.3) is 0 Å². The number of aromatic nitrogens is 2. The van der Waals surface area contributed by atoms with E-state index in [0.29, 0.717) is 12.8 Å². The molecule has 0 radical (unpaired) electrons. The van der Waals surface area contributed by atoms with Crippen molar-refractivity contribution < 1.29 is 5.11 Å². The molecule has 16 heavy (non-hydrogen) atoms. The van der Waals surface area contributed by atoms with Gasteiger partial charge in [0.1, 0.15) is 5.60 Å². The maximum atomic E-state index is 10.7. The van der Waals surface area contributed by atoms with E-state index in [0.717, 1.165) is 5.69 Å². The number of hydrogen-bond acceptors (Lipinski definition) is 2. The molecular formula is C13H14N2O. The number of aliphatic hydroxyl groups is 1. The molecule has 0 atom stereocenters. The summed E-state index contributed by atoms with van der Waals surface area (Å²) in [4.78, 5) is 0. The van der Waals surface area contributed by atoms with Crippen molar-refractivity contribution in [1.29, 1.82) is 0 Å². The van der Waals surface area contributed by atoms with Crippen molar-refractivity contribution in [2.45, 2.75) is 18.4 Å². The zero-order valence-electron chi connectivity index (χ0n) is 9.22. The minimum absolute atomic E-state index is 0.683. The van der Waals surface area contributed by atoms with E-state index in [9.17, 15) is 5.11 Å². The van der Waals surface area contributed by atoms with Crippen molar-refractivity contribution in [2.24, 2.45) is 7.05 Å². The fourth-order valence-electron chi connectivity index (χ4n) is 2.61. The lowest BCUT2D eigenvalue weighted by atomic mass is 9.96. The van der Waals surface area contributed by atoms with E-state index in [4.69, 9.17) is 0 Å². The summed E-state index contributed by atoms with van der Waals surface area (Å²) < 4.78 is 1.76. The van der Waals surface area contributed by atoms with Crippen LogP contribution in [0, 0.1) is 0 Å². The molecule has 3 nitrogen and oxygen atoms in total. The smallest absolute Gasteiger partial charge is 0.114 e. The van der Waals surface area contributed by atoms with Crippen molar-refractivity contribution in [3.8, 4) is 0 Å². The number of rotatable bonds is 1. The fourth-order valence-corrected chi connectivity index (χ4v) is 2.61. The van der Waals surface area contributed by atoms with Gasteiger partial charge in [0.25, 0.3) is 0 Å². The summed E-state index contributed by atoms with van der Waals surface area (Å²) in [5, 5.41) is 14.8. The lowest BCUT2D eigenvalue weighted by Crippen LogP contribution is -2.29. The molecular weight excluding hydrogens is 200 g/mol. The first kappa shape index (κ1) is 9.60. The average Bonchev–Trinajstić information content (AvgIpc) is 2.81. The summed E-state index contributed by atoms with van der Waals surface area (Å²) in [6, 6.07) is 10.1. The van der Waals surface area contributed by atoms with Crippen molar-refractivity contribution in [1.82, 2.24) is 9.78 Å². The first-order valence-electron chi connectivity index (χ1n) is 5.47. The summed E-state index contributed by atoms with van der Waals surface area (Å²) in [5.74, 6) is 0. The summed E-state index contributed by atoms with van der Waals surface area (Å²) in [7, 11) is 1.87.